The molecule has 1 heterocycles. The molecule has 1 aromatic rings. The third-order valence-electron chi connectivity index (χ3n) is 1.95. The van der Waals surface area contributed by atoms with Crippen LogP contribution in [-0.4, -0.2) is 17.6 Å². The zero-order chi connectivity index (χ0) is 13.0. The van der Waals surface area contributed by atoms with Gasteiger partial charge in [0, 0.05) is 6.20 Å². The van der Waals surface area contributed by atoms with Crippen LogP contribution in [0.1, 0.15) is 34.8 Å². The summed E-state index contributed by atoms with van der Waals surface area (Å²) in [7, 11) is 0. The molecule has 0 bridgehead atoms. The van der Waals surface area contributed by atoms with Crippen LogP contribution in [-0.2, 0) is 4.74 Å². The van der Waals surface area contributed by atoms with Crippen molar-refractivity contribution >= 4 is 5.97 Å². The van der Waals surface area contributed by atoms with Gasteiger partial charge in [0.25, 0.3) is 12.0 Å². The topological polar surface area (TPSA) is 82.9 Å². The second-order valence-electron chi connectivity index (χ2n) is 2.95. The van der Waals surface area contributed by atoms with E-state index in [2.05, 4.69) is 4.74 Å². The maximum atomic E-state index is 12.7. The second kappa shape index (κ2) is 5.21. The molecule has 7 heteroatoms. The quantitative estimate of drug-likeness (QED) is 0.811. The first-order chi connectivity index (χ1) is 8.02. The Morgan fingerprint density at radius 3 is 2.76 bits per heavy atom. The summed E-state index contributed by atoms with van der Waals surface area (Å²) in [6.07, 6.45) is -2.26. The van der Waals surface area contributed by atoms with Crippen molar-refractivity contribution < 1.29 is 18.3 Å². The van der Waals surface area contributed by atoms with Gasteiger partial charge in [0.1, 0.15) is 6.07 Å². The predicted octanol–water partition coefficient (Wildman–Crippen LogP) is 1.36. The number of H-pyrrole nitrogens is 1. The number of alkyl halides is 2. The maximum absolute atomic E-state index is 12.7. The van der Waals surface area contributed by atoms with Crippen molar-refractivity contribution in [2.75, 3.05) is 6.61 Å². The summed E-state index contributed by atoms with van der Waals surface area (Å²) < 4.78 is 29.9. The molecule has 0 saturated heterocycles. The van der Waals surface area contributed by atoms with Crippen molar-refractivity contribution in [2.24, 2.45) is 0 Å². The Morgan fingerprint density at radius 2 is 2.29 bits per heavy atom. The number of aromatic amines is 1. The highest BCUT2D eigenvalue weighted by Gasteiger charge is 2.26. The van der Waals surface area contributed by atoms with Crippen molar-refractivity contribution in [1.82, 2.24) is 4.98 Å². The number of nitrogens with zero attached hydrogens (tertiary/aromatic N) is 1. The Hall–Kier alpha value is -2.23. The minimum absolute atomic E-state index is 0.0425. The molecule has 17 heavy (non-hydrogen) atoms. The Balaban J connectivity index is 3.52. The number of hydrogen-bond acceptors (Lipinski definition) is 4. The molecule has 0 unspecified atom stereocenters. The van der Waals surface area contributed by atoms with Gasteiger partial charge in [-0.2, -0.15) is 5.26 Å². The molecule has 0 spiro atoms. The lowest BCUT2D eigenvalue weighted by atomic mass is 10.1. The highest BCUT2D eigenvalue weighted by molar-refractivity contribution is 5.93. The minimum atomic E-state index is -3.16. The molecule has 1 rings (SSSR count). The van der Waals surface area contributed by atoms with E-state index in [9.17, 15) is 18.4 Å². The van der Waals surface area contributed by atoms with Crippen LogP contribution >= 0.6 is 0 Å². The Kier molecular flexibility index (Phi) is 3.93. The summed E-state index contributed by atoms with van der Waals surface area (Å²) >= 11 is 0. The second-order valence-corrected chi connectivity index (χ2v) is 2.95. The fourth-order valence-corrected chi connectivity index (χ4v) is 1.27. The van der Waals surface area contributed by atoms with E-state index in [1.807, 2.05) is 4.98 Å². The molecule has 0 aliphatic rings. The van der Waals surface area contributed by atoms with E-state index in [0.717, 1.165) is 6.20 Å². The fraction of sp³-hybridized carbons (Fsp3) is 0.300. The summed E-state index contributed by atoms with van der Waals surface area (Å²) in [5.41, 5.74) is -3.17. The molecule has 0 atom stereocenters. The van der Waals surface area contributed by atoms with E-state index < -0.39 is 29.1 Å². The van der Waals surface area contributed by atoms with Crippen molar-refractivity contribution in [3.63, 3.8) is 0 Å². The monoisotopic (exact) mass is 242 g/mol. The van der Waals surface area contributed by atoms with Gasteiger partial charge < -0.3 is 9.72 Å². The number of nitrogens with one attached hydrogen (secondary N) is 1. The molecule has 0 saturated carbocycles. The van der Waals surface area contributed by atoms with E-state index in [4.69, 9.17) is 5.26 Å². The number of halogens is 2. The van der Waals surface area contributed by atoms with Crippen molar-refractivity contribution in [1.29, 1.82) is 5.26 Å². The van der Waals surface area contributed by atoms with Gasteiger partial charge in [-0.3, -0.25) is 4.79 Å². The molecule has 0 radical (unpaired) electrons. The first kappa shape index (κ1) is 12.8. The summed E-state index contributed by atoms with van der Waals surface area (Å²) in [4.78, 5) is 24.6. The van der Waals surface area contributed by atoms with Crippen LogP contribution in [0.4, 0.5) is 8.78 Å². The van der Waals surface area contributed by atoms with Crippen LogP contribution in [0.2, 0.25) is 0 Å². The third-order valence-corrected chi connectivity index (χ3v) is 1.95. The maximum Gasteiger partial charge on any atom is 0.340 e. The van der Waals surface area contributed by atoms with Gasteiger partial charge >= 0.3 is 5.97 Å². The lowest BCUT2D eigenvalue weighted by Crippen LogP contribution is -2.21. The largest absolute Gasteiger partial charge is 0.462 e. The van der Waals surface area contributed by atoms with Gasteiger partial charge in [-0.05, 0) is 6.92 Å². The van der Waals surface area contributed by atoms with Gasteiger partial charge in [0.05, 0.1) is 23.3 Å². The van der Waals surface area contributed by atoms with Crippen molar-refractivity contribution in [3.8, 4) is 6.07 Å². The van der Waals surface area contributed by atoms with Gasteiger partial charge in [0.2, 0.25) is 0 Å². The molecule has 5 nitrogen and oxygen atoms in total. The van der Waals surface area contributed by atoms with Crippen LogP contribution in [0, 0.1) is 11.3 Å². The van der Waals surface area contributed by atoms with Crippen LogP contribution < -0.4 is 5.56 Å². The smallest absolute Gasteiger partial charge is 0.340 e. The highest BCUT2D eigenvalue weighted by Crippen LogP contribution is 2.22. The standard InChI is InChI=1S/C10H8F2N2O3/c1-2-17-10(16)6-5(3-13)4-14-9(15)7(6)8(11)12/h4,8H,2H2,1H3,(H,14,15). The van der Waals surface area contributed by atoms with Crippen molar-refractivity contribution in [3.05, 3.63) is 33.2 Å². The first-order valence-electron chi connectivity index (χ1n) is 4.63. The average Bonchev–Trinajstić information content (AvgIpc) is 2.28. The molecule has 0 amide bonds. The number of carbonyl (C=O) groups is 1. The molecule has 90 valence electrons. The van der Waals surface area contributed by atoms with Crippen LogP contribution in [0.5, 0.6) is 0 Å². The van der Waals surface area contributed by atoms with E-state index in [1.165, 1.54) is 6.92 Å². The number of nitriles is 1. The Labute approximate surface area is 94.6 Å². The van der Waals surface area contributed by atoms with Crippen molar-refractivity contribution in [2.45, 2.75) is 13.3 Å². The molecule has 1 N–H and O–H groups in total. The van der Waals surface area contributed by atoms with Gasteiger partial charge in [-0.1, -0.05) is 0 Å². The summed E-state index contributed by atoms with van der Waals surface area (Å²) in [5, 5.41) is 8.71. The average molecular weight is 242 g/mol. The van der Waals surface area contributed by atoms with E-state index in [1.54, 1.807) is 6.07 Å². The number of aromatic nitrogens is 1. The summed E-state index contributed by atoms with van der Waals surface area (Å²) in [5.74, 6) is -1.11. The third kappa shape index (κ3) is 2.47. The number of esters is 1. The SMILES string of the molecule is CCOC(=O)c1c(C#N)c[nH]c(=O)c1C(F)F. The zero-order valence-electron chi connectivity index (χ0n) is 8.79. The van der Waals surface area contributed by atoms with Crippen LogP contribution in [0.15, 0.2) is 11.0 Å². The lowest BCUT2D eigenvalue weighted by molar-refractivity contribution is 0.0514. The molecule has 1 aromatic heterocycles. The predicted molar refractivity (Wildman–Crippen MR) is 52.7 cm³/mol. The number of rotatable bonds is 3. The van der Waals surface area contributed by atoms with E-state index in [-0.39, 0.29) is 12.2 Å². The lowest BCUT2D eigenvalue weighted by Gasteiger charge is -2.08. The molecular weight excluding hydrogens is 234 g/mol. The van der Waals surface area contributed by atoms with Gasteiger partial charge in [-0.15, -0.1) is 0 Å². The summed E-state index contributed by atoms with van der Waals surface area (Å²) in [6.45, 7) is 1.44. The zero-order valence-corrected chi connectivity index (χ0v) is 8.79. The molecule has 0 aliphatic heterocycles. The Bertz CT molecular complexity index is 531. The first-order valence-corrected chi connectivity index (χ1v) is 4.63. The van der Waals surface area contributed by atoms with Gasteiger partial charge in [-0.25, -0.2) is 13.6 Å². The molecular formula is C10H8F2N2O3. The molecule has 0 aliphatic carbocycles. The fourth-order valence-electron chi connectivity index (χ4n) is 1.27. The number of hydrogen-bond donors (Lipinski definition) is 1. The Morgan fingerprint density at radius 1 is 1.65 bits per heavy atom. The normalized spacial score (nSPS) is 10.1. The number of ether oxygens (including phenoxy) is 1. The number of pyridine rings is 1. The molecule has 0 fully saturated rings. The van der Waals surface area contributed by atoms with E-state index >= 15 is 0 Å². The summed E-state index contributed by atoms with van der Waals surface area (Å²) in [6, 6.07) is 1.55. The number of carbonyl (C=O) groups excluding carboxylic acids is 1. The van der Waals surface area contributed by atoms with Gasteiger partial charge in [0.15, 0.2) is 0 Å². The molecule has 0 aromatic carbocycles. The van der Waals surface area contributed by atoms with Crippen LogP contribution in [0.25, 0.3) is 0 Å². The minimum Gasteiger partial charge on any atom is -0.462 e. The highest BCUT2D eigenvalue weighted by atomic mass is 19.3. The van der Waals surface area contributed by atoms with Crippen LogP contribution in [0.3, 0.4) is 0 Å². The van der Waals surface area contributed by atoms with E-state index in [0.29, 0.717) is 0 Å².